The van der Waals surface area contributed by atoms with Crippen LogP contribution in [0.1, 0.15) is 22.5 Å². The number of amides is 1. The van der Waals surface area contributed by atoms with Gasteiger partial charge in [-0.15, -0.1) is 0 Å². The van der Waals surface area contributed by atoms with Gasteiger partial charge in [-0.2, -0.15) is 5.10 Å². The van der Waals surface area contributed by atoms with E-state index in [4.69, 9.17) is 4.74 Å². The minimum Gasteiger partial charge on any atom is -0.374 e. The van der Waals surface area contributed by atoms with Crippen LogP contribution in [0.4, 0.5) is 0 Å². The van der Waals surface area contributed by atoms with E-state index < -0.39 is 0 Å². The van der Waals surface area contributed by atoms with E-state index in [0.717, 1.165) is 26.1 Å². The van der Waals surface area contributed by atoms with E-state index in [2.05, 4.69) is 20.0 Å². The van der Waals surface area contributed by atoms with Gasteiger partial charge in [0.15, 0.2) is 0 Å². The highest BCUT2D eigenvalue weighted by atomic mass is 16.5. The molecule has 0 aromatic carbocycles. The van der Waals surface area contributed by atoms with E-state index in [-0.39, 0.29) is 18.1 Å². The van der Waals surface area contributed by atoms with Gasteiger partial charge in [-0.3, -0.25) is 19.4 Å². The standard InChI is InChI=1S/C17H22N6O2/c1-21-10-13(8-20-21)11-22-5-2-16-15(12-22)23(6-7-25-16)17(24)14-9-18-3-4-19-14/h3-4,8-10,15-16H,2,5-7,11-12H2,1H3/t15-,16-/m1/s1. The van der Waals surface area contributed by atoms with E-state index in [9.17, 15) is 4.79 Å². The highest BCUT2D eigenvalue weighted by Crippen LogP contribution is 2.25. The van der Waals surface area contributed by atoms with Crippen molar-refractivity contribution >= 4 is 5.91 Å². The van der Waals surface area contributed by atoms with Crippen molar-refractivity contribution in [1.29, 1.82) is 0 Å². The Morgan fingerprint density at radius 1 is 1.32 bits per heavy atom. The van der Waals surface area contributed by atoms with Crippen molar-refractivity contribution in [3.8, 4) is 0 Å². The molecule has 0 unspecified atom stereocenters. The summed E-state index contributed by atoms with van der Waals surface area (Å²) in [5, 5.41) is 4.23. The summed E-state index contributed by atoms with van der Waals surface area (Å²) in [6.45, 7) is 3.77. The molecule has 0 spiro atoms. The molecule has 25 heavy (non-hydrogen) atoms. The number of fused-ring (bicyclic) bond motifs is 1. The zero-order chi connectivity index (χ0) is 17.2. The van der Waals surface area contributed by atoms with Gasteiger partial charge in [0.05, 0.1) is 31.1 Å². The lowest BCUT2D eigenvalue weighted by molar-refractivity contribution is -0.0915. The van der Waals surface area contributed by atoms with Gasteiger partial charge in [-0.1, -0.05) is 0 Å². The van der Waals surface area contributed by atoms with Crippen molar-refractivity contribution in [2.24, 2.45) is 7.05 Å². The van der Waals surface area contributed by atoms with Gasteiger partial charge in [-0.25, -0.2) is 4.98 Å². The Balaban J connectivity index is 1.48. The Hall–Kier alpha value is -2.32. The highest BCUT2D eigenvalue weighted by molar-refractivity contribution is 5.92. The van der Waals surface area contributed by atoms with Crippen LogP contribution in [0.25, 0.3) is 0 Å². The first-order valence-corrected chi connectivity index (χ1v) is 8.59. The summed E-state index contributed by atoms with van der Waals surface area (Å²) in [6, 6.07) is 0.0497. The van der Waals surface area contributed by atoms with Gasteiger partial charge in [-0.05, 0) is 6.42 Å². The second kappa shape index (κ2) is 6.89. The van der Waals surface area contributed by atoms with Crippen LogP contribution in [0.2, 0.25) is 0 Å². The van der Waals surface area contributed by atoms with Crippen LogP contribution in [0.3, 0.4) is 0 Å². The van der Waals surface area contributed by atoms with E-state index in [1.165, 1.54) is 11.8 Å². The van der Waals surface area contributed by atoms with Gasteiger partial charge in [0.25, 0.3) is 5.91 Å². The summed E-state index contributed by atoms with van der Waals surface area (Å²) in [5.41, 5.74) is 1.58. The minimum atomic E-state index is -0.0605. The van der Waals surface area contributed by atoms with Crippen LogP contribution in [0.15, 0.2) is 31.0 Å². The van der Waals surface area contributed by atoms with Crippen molar-refractivity contribution in [1.82, 2.24) is 29.5 Å². The number of morpholine rings is 1. The molecule has 0 N–H and O–H groups in total. The maximum atomic E-state index is 12.9. The zero-order valence-electron chi connectivity index (χ0n) is 14.3. The molecule has 2 atom stereocenters. The van der Waals surface area contributed by atoms with Gasteiger partial charge < -0.3 is 9.64 Å². The minimum absolute atomic E-state index is 0.0497. The van der Waals surface area contributed by atoms with Crippen molar-refractivity contribution in [2.45, 2.75) is 25.1 Å². The monoisotopic (exact) mass is 342 g/mol. The Morgan fingerprint density at radius 2 is 2.24 bits per heavy atom. The van der Waals surface area contributed by atoms with Crippen LogP contribution >= 0.6 is 0 Å². The first-order chi connectivity index (χ1) is 12.2. The maximum Gasteiger partial charge on any atom is 0.274 e. The number of carbonyl (C=O) groups excluding carboxylic acids is 1. The van der Waals surface area contributed by atoms with E-state index in [1.807, 2.05) is 29.0 Å². The average Bonchev–Trinajstić information content (AvgIpc) is 3.06. The third kappa shape index (κ3) is 3.40. The molecule has 8 heteroatoms. The summed E-state index contributed by atoms with van der Waals surface area (Å²) in [4.78, 5) is 25.3. The topological polar surface area (TPSA) is 76.4 Å². The normalized spacial score (nSPS) is 24.1. The molecule has 2 saturated heterocycles. The van der Waals surface area contributed by atoms with Crippen molar-refractivity contribution < 1.29 is 9.53 Å². The van der Waals surface area contributed by atoms with Gasteiger partial charge in [0, 0.05) is 57.4 Å². The average molecular weight is 342 g/mol. The van der Waals surface area contributed by atoms with Crippen LogP contribution in [0, 0.1) is 0 Å². The zero-order valence-corrected chi connectivity index (χ0v) is 14.3. The Labute approximate surface area is 146 Å². The number of piperidine rings is 1. The van der Waals surface area contributed by atoms with Gasteiger partial charge in [0.1, 0.15) is 5.69 Å². The molecule has 1 amide bonds. The Bertz CT molecular complexity index is 734. The van der Waals surface area contributed by atoms with Crippen LogP contribution in [-0.4, -0.2) is 73.8 Å². The first-order valence-electron chi connectivity index (χ1n) is 8.59. The molecular weight excluding hydrogens is 320 g/mol. The first kappa shape index (κ1) is 16.2. The number of hydrogen-bond donors (Lipinski definition) is 0. The van der Waals surface area contributed by atoms with E-state index in [0.29, 0.717) is 18.8 Å². The second-order valence-corrected chi connectivity index (χ2v) is 6.61. The summed E-state index contributed by atoms with van der Waals surface area (Å²) < 4.78 is 7.74. The molecule has 0 radical (unpaired) electrons. The molecule has 4 rings (SSSR count). The van der Waals surface area contributed by atoms with E-state index >= 15 is 0 Å². The quantitative estimate of drug-likeness (QED) is 0.800. The molecular formula is C17H22N6O2. The van der Waals surface area contributed by atoms with Crippen molar-refractivity contribution in [3.05, 3.63) is 42.2 Å². The smallest absolute Gasteiger partial charge is 0.274 e. The lowest BCUT2D eigenvalue weighted by atomic mass is 9.98. The fraction of sp³-hybridized carbons (Fsp3) is 0.529. The molecule has 8 nitrogen and oxygen atoms in total. The molecule has 2 aliphatic heterocycles. The van der Waals surface area contributed by atoms with Gasteiger partial charge in [0.2, 0.25) is 0 Å². The fourth-order valence-corrected chi connectivity index (χ4v) is 3.70. The number of aryl methyl sites for hydroxylation is 1. The molecule has 2 fully saturated rings. The molecule has 2 aliphatic rings. The van der Waals surface area contributed by atoms with Crippen molar-refractivity contribution in [3.63, 3.8) is 0 Å². The number of carbonyl (C=O) groups is 1. The summed E-state index contributed by atoms with van der Waals surface area (Å²) in [5.74, 6) is -0.0605. The van der Waals surface area contributed by atoms with Crippen LogP contribution < -0.4 is 0 Å². The number of aromatic nitrogens is 4. The number of rotatable bonds is 3. The Morgan fingerprint density at radius 3 is 3.00 bits per heavy atom. The predicted molar refractivity (Wildman–Crippen MR) is 89.7 cm³/mol. The predicted octanol–water partition coefficient (Wildman–Crippen LogP) is 0.326. The largest absolute Gasteiger partial charge is 0.374 e. The Kier molecular flexibility index (Phi) is 4.46. The molecule has 2 aromatic heterocycles. The maximum absolute atomic E-state index is 12.9. The summed E-state index contributed by atoms with van der Waals surface area (Å²) in [6.07, 6.45) is 9.62. The molecule has 0 bridgehead atoms. The second-order valence-electron chi connectivity index (χ2n) is 6.61. The molecule has 4 heterocycles. The number of likely N-dealkylation sites (tertiary alicyclic amines) is 1. The van der Waals surface area contributed by atoms with Gasteiger partial charge >= 0.3 is 0 Å². The molecule has 0 saturated carbocycles. The highest BCUT2D eigenvalue weighted by Gasteiger charge is 2.39. The lowest BCUT2D eigenvalue weighted by Gasteiger charge is -2.46. The number of ether oxygens (including phenoxy) is 1. The van der Waals surface area contributed by atoms with E-state index in [1.54, 1.807) is 12.4 Å². The molecule has 132 valence electrons. The summed E-state index contributed by atoms with van der Waals surface area (Å²) in [7, 11) is 1.92. The number of hydrogen-bond acceptors (Lipinski definition) is 6. The van der Waals surface area contributed by atoms with Crippen molar-refractivity contribution in [2.75, 3.05) is 26.2 Å². The number of nitrogens with zero attached hydrogens (tertiary/aromatic N) is 6. The van der Waals surface area contributed by atoms with Crippen LogP contribution in [0.5, 0.6) is 0 Å². The molecule has 0 aliphatic carbocycles. The third-order valence-electron chi connectivity index (χ3n) is 4.88. The van der Waals surface area contributed by atoms with Crippen LogP contribution in [-0.2, 0) is 18.3 Å². The fourth-order valence-electron chi connectivity index (χ4n) is 3.70. The summed E-state index contributed by atoms with van der Waals surface area (Å²) >= 11 is 0. The SMILES string of the molecule is Cn1cc(CN2CC[C@H]3OCCN(C(=O)c4cnccn4)[C@@H]3C2)cn1. The third-order valence-corrected chi connectivity index (χ3v) is 4.88. The lowest BCUT2D eigenvalue weighted by Crippen LogP contribution is -2.61. The molecule has 2 aromatic rings.